The molecule has 0 aromatic carbocycles. The number of carbonyl (C=O) groups excluding carboxylic acids is 3. The minimum atomic E-state index is -0.538. The van der Waals surface area contributed by atoms with E-state index >= 15 is 0 Å². The SMILES string of the molecule is C=C1C2CC3(CC(OC(C)=O)C4C(C)(C)CCCC4(C)C3=CC2=O)C1OC(C)=O. The predicted octanol–water partition coefficient (Wildman–Crippen LogP) is 4.16. The number of hydrogen-bond acceptors (Lipinski definition) is 5. The lowest BCUT2D eigenvalue weighted by Gasteiger charge is -2.62. The number of ketones is 1. The Bertz CT molecular complexity index is 836. The number of carbonyl (C=O) groups is 3. The lowest BCUT2D eigenvalue weighted by atomic mass is 9.43. The van der Waals surface area contributed by atoms with Gasteiger partial charge in [-0.3, -0.25) is 14.4 Å². The highest BCUT2D eigenvalue weighted by atomic mass is 16.6. The van der Waals surface area contributed by atoms with Gasteiger partial charge in [0.15, 0.2) is 5.78 Å². The van der Waals surface area contributed by atoms with Crippen LogP contribution in [0.25, 0.3) is 0 Å². The van der Waals surface area contributed by atoms with Crippen LogP contribution in [0.5, 0.6) is 0 Å². The van der Waals surface area contributed by atoms with E-state index in [1.54, 1.807) is 0 Å². The van der Waals surface area contributed by atoms with Crippen LogP contribution < -0.4 is 0 Å². The summed E-state index contributed by atoms with van der Waals surface area (Å²) in [5.74, 6) is -0.792. The third-order valence-corrected chi connectivity index (χ3v) is 8.22. The molecule has 4 aliphatic carbocycles. The van der Waals surface area contributed by atoms with Crippen LogP contribution in [0.15, 0.2) is 23.8 Å². The minimum absolute atomic E-state index is 0.0258. The summed E-state index contributed by atoms with van der Waals surface area (Å²) in [5, 5.41) is 0. The molecule has 5 heteroatoms. The predicted molar refractivity (Wildman–Crippen MR) is 108 cm³/mol. The molecule has 0 aromatic rings. The third-order valence-electron chi connectivity index (χ3n) is 8.22. The van der Waals surface area contributed by atoms with Crippen molar-refractivity contribution in [1.82, 2.24) is 0 Å². The fraction of sp³-hybridized carbons (Fsp3) is 0.708. The van der Waals surface area contributed by atoms with Crippen molar-refractivity contribution in [3.05, 3.63) is 23.8 Å². The van der Waals surface area contributed by atoms with Crippen molar-refractivity contribution in [2.75, 3.05) is 0 Å². The van der Waals surface area contributed by atoms with Gasteiger partial charge in [0, 0.05) is 31.1 Å². The topological polar surface area (TPSA) is 69.7 Å². The first-order valence-corrected chi connectivity index (χ1v) is 10.7. The maximum absolute atomic E-state index is 13.0. The van der Waals surface area contributed by atoms with E-state index in [0.717, 1.165) is 24.8 Å². The van der Waals surface area contributed by atoms with Gasteiger partial charge in [-0.1, -0.05) is 33.8 Å². The van der Waals surface area contributed by atoms with Crippen molar-refractivity contribution in [3.8, 4) is 0 Å². The lowest BCUT2D eigenvalue weighted by Crippen LogP contribution is -2.60. The molecule has 6 unspecified atom stereocenters. The van der Waals surface area contributed by atoms with Gasteiger partial charge >= 0.3 is 11.9 Å². The molecule has 1 spiro atoms. The van der Waals surface area contributed by atoms with Gasteiger partial charge in [-0.15, -0.1) is 0 Å². The van der Waals surface area contributed by atoms with Crippen molar-refractivity contribution in [1.29, 1.82) is 0 Å². The second-order valence-corrected chi connectivity index (χ2v) is 10.5. The molecular formula is C24H32O5. The molecule has 5 nitrogen and oxygen atoms in total. The number of allylic oxidation sites excluding steroid dienone is 1. The van der Waals surface area contributed by atoms with E-state index in [1.807, 2.05) is 6.08 Å². The highest BCUT2D eigenvalue weighted by Crippen LogP contribution is 2.70. The molecule has 4 rings (SSSR count). The van der Waals surface area contributed by atoms with Crippen LogP contribution in [0.1, 0.15) is 66.7 Å². The molecular weight excluding hydrogens is 368 g/mol. The van der Waals surface area contributed by atoms with Gasteiger partial charge in [0.05, 0.1) is 0 Å². The summed E-state index contributed by atoms with van der Waals surface area (Å²) < 4.78 is 11.8. The molecule has 0 heterocycles. The molecule has 2 bridgehead atoms. The zero-order valence-electron chi connectivity index (χ0n) is 18.2. The van der Waals surface area contributed by atoms with Gasteiger partial charge in [-0.05, 0) is 53.7 Å². The molecule has 0 amide bonds. The van der Waals surface area contributed by atoms with Crippen molar-refractivity contribution in [2.24, 2.45) is 28.1 Å². The average Bonchev–Trinajstić information content (AvgIpc) is 2.79. The van der Waals surface area contributed by atoms with Crippen LogP contribution in [0.2, 0.25) is 0 Å². The number of ether oxygens (including phenoxy) is 2. The molecule has 0 radical (unpaired) electrons. The fourth-order valence-corrected chi connectivity index (χ4v) is 7.55. The normalized spacial score (nSPS) is 42.4. The average molecular weight is 401 g/mol. The van der Waals surface area contributed by atoms with Crippen molar-refractivity contribution < 1.29 is 23.9 Å². The van der Waals surface area contributed by atoms with E-state index in [4.69, 9.17) is 9.47 Å². The van der Waals surface area contributed by atoms with Crippen LogP contribution in [0.4, 0.5) is 0 Å². The summed E-state index contributed by atoms with van der Waals surface area (Å²) in [6.45, 7) is 13.7. The van der Waals surface area contributed by atoms with Crippen LogP contribution in [0, 0.1) is 28.1 Å². The van der Waals surface area contributed by atoms with E-state index in [1.165, 1.54) is 13.8 Å². The van der Waals surface area contributed by atoms with Crippen molar-refractivity contribution in [2.45, 2.75) is 78.9 Å². The van der Waals surface area contributed by atoms with Crippen LogP contribution in [0.3, 0.4) is 0 Å². The zero-order chi connectivity index (χ0) is 21.4. The standard InChI is InChI=1S/C24H32O5/c1-13-16-11-24(21(13)29-15(3)26)12-18(28-14(2)25)20-22(4,5)8-7-9-23(20,6)19(24)10-17(16)27/h10,16,18,20-21H,1,7-9,11-12H2,2-6H3. The van der Waals surface area contributed by atoms with Gasteiger partial charge in [-0.2, -0.15) is 0 Å². The summed E-state index contributed by atoms with van der Waals surface area (Å²) in [4.78, 5) is 37.0. The molecule has 0 aromatic heterocycles. The first-order valence-electron chi connectivity index (χ1n) is 10.7. The molecule has 29 heavy (non-hydrogen) atoms. The first kappa shape index (κ1) is 20.4. The fourth-order valence-electron chi connectivity index (χ4n) is 7.55. The molecule has 0 saturated heterocycles. The largest absolute Gasteiger partial charge is 0.462 e. The van der Waals surface area contributed by atoms with E-state index in [0.29, 0.717) is 18.4 Å². The van der Waals surface area contributed by atoms with E-state index in [2.05, 4.69) is 27.4 Å². The van der Waals surface area contributed by atoms with E-state index in [9.17, 15) is 14.4 Å². The number of hydrogen-bond donors (Lipinski definition) is 0. The maximum Gasteiger partial charge on any atom is 0.303 e. The van der Waals surface area contributed by atoms with Gasteiger partial charge in [0.1, 0.15) is 12.2 Å². The van der Waals surface area contributed by atoms with Gasteiger partial charge in [-0.25, -0.2) is 0 Å². The van der Waals surface area contributed by atoms with Gasteiger partial charge in [0.2, 0.25) is 0 Å². The molecule has 158 valence electrons. The summed E-state index contributed by atoms with van der Waals surface area (Å²) in [7, 11) is 0. The monoisotopic (exact) mass is 400 g/mol. The highest BCUT2D eigenvalue weighted by Gasteiger charge is 2.69. The second kappa shape index (κ2) is 6.29. The molecule has 3 fully saturated rings. The number of esters is 2. The first-order chi connectivity index (χ1) is 13.4. The number of rotatable bonds is 2. The minimum Gasteiger partial charge on any atom is -0.462 e. The lowest BCUT2D eigenvalue weighted by molar-refractivity contribution is -0.180. The smallest absolute Gasteiger partial charge is 0.303 e. The Kier molecular flexibility index (Phi) is 4.42. The quantitative estimate of drug-likeness (QED) is 0.514. The molecule has 4 aliphatic rings. The second-order valence-electron chi connectivity index (χ2n) is 10.5. The van der Waals surface area contributed by atoms with Gasteiger partial charge < -0.3 is 9.47 Å². The molecule has 0 aliphatic heterocycles. The zero-order valence-corrected chi connectivity index (χ0v) is 18.2. The third kappa shape index (κ3) is 2.76. The van der Waals surface area contributed by atoms with Crippen molar-refractivity contribution >= 4 is 17.7 Å². The Morgan fingerprint density at radius 3 is 2.34 bits per heavy atom. The Hall–Kier alpha value is -1.91. The van der Waals surface area contributed by atoms with Gasteiger partial charge in [0.25, 0.3) is 0 Å². The molecule has 0 N–H and O–H groups in total. The number of fused-ring (bicyclic) bond motifs is 3. The van der Waals surface area contributed by atoms with Crippen LogP contribution in [-0.4, -0.2) is 29.9 Å². The van der Waals surface area contributed by atoms with Crippen molar-refractivity contribution in [3.63, 3.8) is 0 Å². The van der Waals surface area contributed by atoms with E-state index in [-0.39, 0.29) is 46.5 Å². The Labute approximate surface area is 172 Å². The molecule has 6 atom stereocenters. The molecule has 3 saturated carbocycles. The Morgan fingerprint density at radius 1 is 1.07 bits per heavy atom. The Morgan fingerprint density at radius 2 is 1.72 bits per heavy atom. The van der Waals surface area contributed by atoms with Crippen LogP contribution in [-0.2, 0) is 23.9 Å². The summed E-state index contributed by atoms with van der Waals surface area (Å²) >= 11 is 0. The summed E-state index contributed by atoms with van der Waals surface area (Å²) in [6.07, 6.45) is 5.23. The Balaban J connectivity index is 1.91. The van der Waals surface area contributed by atoms with E-state index < -0.39 is 11.5 Å². The summed E-state index contributed by atoms with van der Waals surface area (Å²) in [6, 6.07) is 0. The highest BCUT2D eigenvalue weighted by molar-refractivity contribution is 5.97. The maximum atomic E-state index is 13.0. The summed E-state index contributed by atoms with van der Waals surface area (Å²) in [5.41, 5.74) is 0.957. The van der Waals surface area contributed by atoms with Crippen LogP contribution >= 0.6 is 0 Å².